The van der Waals surface area contributed by atoms with E-state index in [0.717, 1.165) is 11.3 Å². The van der Waals surface area contributed by atoms with Crippen molar-refractivity contribution < 1.29 is 19.1 Å². The van der Waals surface area contributed by atoms with Crippen LogP contribution in [0.15, 0.2) is 48.5 Å². The number of ether oxygens (including phenoxy) is 2. The van der Waals surface area contributed by atoms with Gasteiger partial charge in [0.2, 0.25) is 5.91 Å². The Balaban J connectivity index is 1.84. The quantitative estimate of drug-likeness (QED) is 0.797. The van der Waals surface area contributed by atoms with Crippen molar-refractivity contribution in [1.29, 1.82) is 0 Å². The van der Waals surface area contributed by atoms with E-state index in [-0.39, 0.29) is 12.5 Å². The van der Waals surface area contributed by atoms with Gasteiger partial charge >= 0.3 is 0 Å². The first kappa shape index (κ1) is 18.3. The Morgan fingerprint density at radius 1 is 0.960 bits per heavy atom. The predicted molar refractivity (Wildman–Crippen MR) is 94.5 cm³/mol. The summed E-state index contributed by atoms with van der Waals surface area (Å²) in [6.07, 6.45) is 0. The number of carbonyl (C=O) groups excluding carboxylic acids is 2. The third-order valence-corrected chi connectivity index (χ3v) is 3.58. The van der Waals surface area contributed by atoms with Gasteiger partial charge in [0, 0.05) is 19.2 Å². The average molecular weight is 342 g/mol. The third-order valence-electron chi connectivity index (χ3n) is 3.58. The molecule has 0 aliphatic heterocycles. The molecule has 6 heteroatoms. The molecule has 132 valence electrons. The topological polar surface area (TPSA) is 81.9 Å². The first-order valence-electron chi connectivity index (χ1n) is 7.98. The Morgan fingerprint density at radius 3 is 2.08 bits per heavy atom. The number of nitrogens with zero attached hydrogens (tertiary/aromatic N) is 1. The zero-order valence-corrected chi connectivity index (χ0v) is 14.4. The molecule has 2 aromatic rings. The molecule has 0 spiro atoms. The fraction of sp³-hybridized carbons (Fsp3) is 0.263. The van der Waals surface area contributed by atoms with E-state index in [1.807, 2.05) is 31.2 Å². The maximum atomic E-state index is 12.2. The van der Waals surface area contributed by atoms with Gasteiger partial charge in [-0.15, -0.1) is 0 Å². The molecule has 0 aliphatic carbocycles. The van der Waals surface area contributed by atoms with Crippen molar-refractivity contribution in [2.75, 3.05) is 20.3 Å². The molecule has 0 heterocycles. The van der Waals surface area contributed by atoms with Crippen molar-refractivity contribution in [2.24, 2.45) is 5.73 Å². The van der Waals surface area contributed by atoms with Gasteiger partial charge in [-0.3, -0.25) is 9.59 Å². The number of nitrogens with two attached hydrogens (primary N) is 1. The van der Waals surface area contributed by atoms with Crippen LogP contribution in [-0.4, -0.2) is 37.0 Å². The van der Waals surface area contributed by atoms with Crippen molar-refractivity contribution in [1.82, 2.24) is 4.90 Å². The van der Waals surface area contributed by atoms with Crippen molar-refractivity contribution in [3.8, 4) is 11.5 Å². The normalized spacial score (nSPS) is 10.2. The number of primary amides is 1. The number of rotatable bonds is 8. The summed E-state index contributed by atoms with van der Waals surface area (Å²) < 4.78 is 10.8. The van der Waals surface area contributed by atoms with Crippen LogP contribution in [0, 0.1) is 0 Å². The van der Waals surface area contributed by atoms with Gasteiger partial charge in [0.1, 0.15) is 11.5 Å². The van der Waals surface area contributed by atoms with E-state index in [0.29, 0.717) is 24.5 Å². The van der Waals surface area contributed by atoms with Crippen LogP contribution in [-0.2, 0) is 11.3 Å². The molecule has 2 aromatic carbocycles. The lowest BCUT2D eigenvalue weighted by Gasteiger charge is -2.18. The molecule has 0 unspecified atom stereocenters. The summed E-state index contributed by atoms with van der Waals surface area (Å²) in [6, 6.07) is 14.0. The largest absolute Gasteiger partial charge is 0.494 e. The SMILES string of the molecule is CCOc1ccc(CN(C)C(=O)COc2ccc(C(N)=O)cc2)cc1. The van der Waals surface area contributed by atoms with Crippen molar-refractivity contribution in [3.63, 3.8) is 0 Å². The van der Waals surface area contributed by atoms with E-state index in [9.17, 15) is 9.59 Å². The first-order valence-corrected chi connectivity index (χ1v) is 7.98. The van der Waals surface area contributed by atoms with Gasteiger partial charge in [0.15, 0.2) is 6.61 Å². The maximum absolute atomic E-state index is 12.2. The van der Waals surface area contributed by atoms with Crippen LogP contribution in [0.25, 0.3) is 0 Å². The van der Waals surface area contributed by atoms with Crippen LogP contribution in [0.3, 0.4) is 0 Å². The molecule has 2 N–H and O–H groups in total. The molecule has 2 amide bonds. The summed E-state index contributed by atoms with van der Waals surface area (Å²) >= 11 is 0. The van der Waals surface area contributed by atoms with Crippen LogP contribution < -0.4 is 15.2 Å². The van der Waals surface area contributed by atoms with Crippen LogP contribution in [0.2, 0.25) is 0 Å². The van der Waals surface area contributed by atoms with Gasteiger partial charge in [0.25, 0.3) is 5.91 Å². The monoisotopic (exact) mass is 342 g/mol. The molecule has 0 atom stereocenters. The molecular formula is C19H22N2O4. The van der Waals surface area contributed by atoms with Gasteiger partial charge in [-0.1, -0.05) is 12.1 Å². The van der Waals surface area contributed by atoms with Gasteiger partial charge in [-0.2, -0.15) is 0 Å². The van der Waals surface area contributed by atoms with E-state index >= 15 is 0 Å². The number of likely N-dealkylation sites (N-methyl/N-ethyl adjacent to an activating group) is 1. The van der Waals surface area contributed by atoms with Gasteiger partial charge in [-0.25, -0.2) is 0 Å². The second-order valence-corrected chi connectivity index (χ2v) is 5.50. The minimum atomic E-state index is -0.502. The summed E-state index contributed by atoms with van der Waals surface area (Å²) in [5.74, 6) is 0.668. The molecule has 25 heavy (non-hydrogen) atoms. The molecule has 6 nitrogen and oxygen atoms in total. The summed E-state index contributed by atoms with van der Waals surface area (Å²) in [6.45, 7) is 2.95. The maximum Gasteiger partial charge on any atom is 0.260 e. The highest BCUT2D eigenvalue weighted by atomic mass is 16.5. The Labute approximate surface area is 147 Å². The minimum absolute atomic E-state index is 0.0799. The zero-order valence-electron chi connectivity index (χ0n) is 14.4. The lowest BCUT2D eigenvalue weighted by molar-refractivity contribution is -0.132. The second-order valence-electron chi connectivity index (χ2n) is 5.50. The van der Waals surface area contributed by atoms with E-state index in [1.54, 1.807) is 36.2 Å². The zero-order chi connectivity index (χ0) is 18.2. The summed E-state index contributed by atoms with van der Waals surface area (Å²) in [5, 5.41) is 0. The standard InChI is InChI=1S/C19H22N2O4/c1-3-24-16-8-4-14(5-9-16)12-21(2)18(22)13-25-17-10-6-15(7-11-17)19(20)23/h4-11H,3,12-13H2,1-2H3,(H2,20,23). The van der Waals surface area contributed by atoms with Crippen LogP contribution in [0.5, 0.6) is 11.5 Å². The number of carbonyl (C=O) groups is 2. The van der Waals surface area contributed by atoms with Crippen LogP contribution in [0.1, 0.15) is 22.8 Å². The highest BCUT2D eigenvalue weighted by molar-refractivity contribution is 5.92. The fourth-order valence-electron chi connectivity index (χ4n) is 2.19. The molecule has 0 radical (unpaired) electrons. The number of hydrogen-bond acceptors (Lipinski definition) is 4. The highest BCUT2D eigenvalue weighted by Gasteiger charge is 2.11. The molecule has 2 rings (SSSR count). The Kier molecular flexibility index (Phi) is 6.39. The molecule has 0 fully saturated rings. The third kappa shape index (κ3) is 5.53. The van der Waals surface area contributed by atoms with Gasteiger partial charge < -0.3 is 20.1 Å². The van der Waals surface area contributed by atoms with E-state index in [4.69, 9.17) is 15.2 Å². The van der Waals surface area contributed by atoms with Crippen LogP contribution >= 0.6 is 0 Å². The smallest absolute Gasteiger partial charge is 0.260 e. The summed E-state index contributed by atoms with van der Waals surface area (Å²) in [4.78, 5) is 24.8. The van der Waals surface area contributed by atoms with Crippen molar-refractivity contribution >= 4 is 11.8 Å². The molecule has 0 saturated heterocycles. The van der Waals surface area contributed by atoms with Crippen molar-refractivity contribution in [2.45, 2.75) is 13.5 Å². The van der Waals surface area contributed by atoms with E-state index in [1.165, 1.54) is 0 Å². The van der Waals surface area contributed by atoms with Crippen molar-refractivity contribution in [3.05, 3.63) is 59.7 Å². The Morgan fingerprint density at radius 2 is 1.52 bits per heavy atom. The molecule has 0 bridgehead atoms. The van der Waals surface area contributed by atoms with E-state index in [2.05, 4.69) is 0 Å². The molecular weight excluding hydrogens is 320 g/mol. The average Bonchev–Trinajstić information content (AvgIpc) is 2.61. The number of benzene rings is 2. The lowest BCUT2D eigenvalue weighted by Crippen LogP contribution is -2.30. The Hall–Kier alpha value is -3.02. The second kappa shape index (κ2) is 8.73. The molecule has 0 saturated carbocycles. The summed E-state index contributed by atoms with van der Waals surface area (Å²) in [7, 11) is 1.72. The summed E-state index contributed by atoms with van der Waals surface area (Å²) in [5.41, 5.74) is 6.58. The lowest BCUT2D eigenvalue weighted by atomic mass is 10.2. The molecule has 0 aromatic heterocycles. The predicted octanol–water partition coefficient (Wildman–Crippen LogP) is 2.22. The number of hydrogen-bond donors (Lipinski definition) is 1. The fourth-order valence-corrected chi connectivity index (χ4v) is 2.19. The minimum Gasteiger partial charge on any atom is -0.494 e. The highest BCUT2D eigenvalue weighted by Crippen LogP contribution is 2.14. The van der Waals surface area contributed by atoms with Gasteiger partial charge in [-0.05, 0) is 48.9 Å². The Bertz CT molecular complexity index is 711. The molecule has 0 aliphatic rings. The van der Waals surface area contributed by atoms with Gasteiger partial charge in [0.05, 0.1) is 6.61 Å². The van der Waals surface area contributed by atoms with Crippen LogP contribution in [0.4, 0.5) is 0 Å². The first-order chi connectivity index (χ1) is 12.0. The van der Waals surface area contributed by atoms with E-state index < -0.39 is 5.91 Å². The number of amides is 2.